The van der Waals surface area contributed by atoms with E-state index in [4.69, 9.17) is 26.0 Å². The Kier molecular flexibility index (Phi) is 3.02. The standard InChI is InChI=1S/C15H12ClNO4/c1-15(2)14(16)9(7-17-19)12-10(21-15)5-3-8-4-6-11(18)20-13(8)12/h3-7,19H,1-2H3. The summed E-state index contributed by atoms with van der Waals surface area (Å²) < 4.78 is 11.1. The molecule has 21 heavy (non-hydrogen) atoms. The monoisotopic (exact) mass is 305 g/mol. The molecule has 0 saturated heterocycles. The fourth-order valence-corrected chi connectivity index (χ4v) is 2.57. The SMILES string of the molecule is CC1(C)Oc2ccc3ccc(=O)oc3c2C(C=NO)=C1Cl. The zero-order valence-electron chi connectivity index (χ0n) is 11.4. The molecule has 0 fully saturated rings. The molecule has 1 aliphatic rings. The maximum Gasteiger partial charge on any atom is 0.336 e. The van der Waals surface area contributed by atoms with Crippen molar-refractivity contribution in [2.45, 2.75) is 19.4 Å². The smallest absolute Gasteiger partial charge is 0.336 e. The number of oxime groups is 1. The zero-order valence-corrected chi connectivity index (χ0v) is 12.1. The lowest BCUT2D eigenvalue weighted by Gasteiger charge is -2.33. The third-order valence-corrected chi connectivity index (χ3v) is 4.00. The number of hydrogen-bond acceptors (Lipinski definition) is 5. The van der Waals surface area contributed by atoms with Crippen molar-refractivity contribution in [2.24, 2.45) is 5.16 Å². The van der Waals surface area contributed by atoms with Crippen LogP contribution in [0, 0.1) is 0 Å². The molecule has 1 aromatic carbocycles. The van der Waals surface area contributed by atoms with Crippen molar-refractivity contribution in [2.75, 3.05) is 0 Å². The Balaban J connectivity index is 2.45. The number of halogens is 1. The van der Waals surface area contributed by atoms with Gasteiger partial charge in [0.25, 0.3) is 0 Å². The topological polar surface area (TPSA) is 72.0 Å². The van der Waals surface area contributed by atoms with Gasteiger partial charge in [-0.05, 0) is 32.0 Å². The molecular weight excluding hydrogens is 294 g/mol. The van der Waals surface area contributed by atoms with E-state index >= 15 is 0 Å². The summed E-state index contributed by atoms with van der Waals surface area (Å²) in [4.78, 5) is 11.5. The van der Waals surface area contributed by atoms with E-state index in [1.165, 1.54) is 12.3 Å². The second-order valence-corrected chi connectivity index (χ2v) is 5.57. The Labute approximate surface area is 125 Å². The van der Waals surface area contributed by atoms with E-state index in [1.807, 2.05) is 0 Å². The highest BCUT2D eigenvalue weighted by Gasteiger charge is 2.35. The first kappa shape index (κ1) is 13.7. The van der Waals surface area contributed by atoms with Crippen LogP contribution in [0.15, 0.2) is 43.7 Å². The summed E-state index contributed by atoms with van der Waals surface area (Å²) in [5.41, 5.74) is 0.0757. The lowest BCUT2D eigenvalue weighted by molar-refractivity contribution is 0.153. The summed E-state index contributed by atoms with van der Waals surface area (Å²) in [7, 11) is 0. The molecule has 0 amide bonds. The van der Waals surface area contributed by atoms with Gasteiger partial charge < -0.3 is 14.4 Å². The molecule has 6 heteroatoms. The maximum atomic E-state index is 11.5. The van der Waals surface area contributed by atoms with Crippen molar-refractivity contribution in [3.63, 3.8) is 0 Å². The van der Waals surface area contributed by atoms with Gasteiger partial charge >= 0.3 is 5.63 Å². The van der Waals surface area contributed by atoms with E-state index in [1.54, 1.807) is 32.0 Å². The number of allylic oxidation sites excluding steroid dienone is 1. The van der Waals surface area contributed by atoms with Crippen LogP contribution >= 0.6 is 11.6 Å². The van der Waals surface area contributed by atoms with Crippen molar-refractivity contribution in [3.05, 3.63) is 45.3 Å². The van der Waals surface area contributed by atoms with Crippen molar-refractivity contribution in [1.29, 1.82) is 0 Å². The number of benzene rings is 1. The number of fused-ring (bicyclic) bond motifs is 3. The Morgan fingerprint density at radius 2 is 2.00 bits per heavy atom. The van der Waals surface area contributed by atoms with Crippen LogP contribution in [0.2, 0.25) is 0 Å². The van der Waals surface area contributed by atoms with E-state index in [9.17, 15) is 4.79 Å². The summed E-state index contributed by atoms with van der Waals surface area (Å²) in [6.45, 7) is 3.60. The van der Waals surface area contributed by atoms with Crippen LogP contribution in [-0.4, -0.2) is 17.0 Å². The molecule has 3 rings (SSSR count). The predicted molar refractivity (Wildman–Crippen MR) is 80.2 cm³/mol. The number of ether oxygens (including phenoxy) is 1. The van der Waals surface area contributed by atoms with Gasteiger partial charge in [-0.2, -0.15) is 0 Å². The molecular formula is C15H12ClNO4. The molecule has 0 radical (unpaired) electrons. The van der Waals surface area contributed by atoms with Crippen LogP contribution in [0.1, 0.15) is 19.4 Å². The van der Waals surface area contributed by atoms with E-state index in [0.717, 1.165) is 5.39 Å². The zero-order chi connectivity index (χ0) is 15.2. The highest BCUT2D eigenvalue weighted by atomic mass is 35.5. The molecule has 0 spiro atoms. The van der Waals surface area contributed by atoms with Gasteiger partial charge in [-0.25, -0.2) is 4.79 Å². The first-order chi connectivity index (χ1) is 9.94. The highest BCUT2D eigenvalue weighted by molar-refractivity contribution is 6.39. The van der Waals surface area contributed by atoms with Crippen LogP contribution in [0.4, 0.5) is 0 Å². The van der Waals surface area contributed by atoms with E-state index in [2.05, 4.69) is 5.16 Å². The molecule has 0 saturated carbocycles. The van der Waals surface area contributed by atoms with Gasteiger partial charge in [0.05, 0.1) is 16.8 Å². The van der Waals surface area contributed by atoms with Crippen LogP contribution in [0.5, 0.6) is 5.75 Å². The number of nitrogens with zero attached hydrogens (tertiary/aromatic N) is 1. The average molecular weight is 306 g/mol. The summed E-state index contributed by atoms with van der Waals surface area (Å²) >= 11 is 6.35. The van der Waals surface area contributed by atoms with Gasteiger partial charge in [-0.3, -0.25) is 0 Å². The quantitative estimate of drug-likeness (QED) is 0.379. The van der Waals surface area contributed by atoms with E-state index < -0.39 is 11.2 Å². The van der Waals surface area contributed by atoms with E-state index in [0.29, 0.717) is 27.5 Å². The van der Waals surface area contributed by atoms with Gasteiger partial charge in [0.15, 0.2) is 0 Å². The normalized spacial score (nSPS) is 17.1. The number of rotatable bonds is 1. The van der Waals surface area contributed by atoms with Crippen LogP contribution < -0.4 is 10.4 Å². The van der Waals surface area contributed by atoms with Gasteiger partial charge in [0.1, 0.15) is 16.9 Å². The molecule has 108 valence electrons. The summed E-state index contributed by atoms with van der Waals surface area (Å²) in [6.07, 6.45) is 1.22. The molecule has 0 unspecified atom stereocenters. The Morgan fingerprint density at radius 1 is 1.29 bits per heavy atom. The Morgan fingerprint density at radius 3 is 2.71 bits per heavy atom. The van der Waals surface area contributed by atoms with Gasteiger partial charge in [-0.15, -0.1) is 0 Å². The van der Waals surface area contributed by atoms with Crippen molar-refractivity contribution < 1.29 is 14.4 Å². The molecule has 1 aromatic heterocycles. The minimum absolute atomic E-state index is 0.351. The average Bonchev–Trinajstić information content (AvgIpc) is 2.43. The highest BCUT2D eigenvalue weighted by Crippen LogP contribution is 2.44. The third-order valence-electron chi connectivity index (χ3n) is 3.34. The Bertz CT molecular complexity index is 848. The molecule has 5 nitrogen and oxygen atoms in total. The molecule has 1 aliphatic heterocycles. The molecule has 0 atom stereocenters. The number of hydrogen-bond donors (Lipinski definition) is 1. The van der Waals surface area contributed by atoms with Crippen LogP contribution in [-0.2, 0) is 0 Å². The fourth-order valence-electron chi connectivity index (χ4n) is 2.39. The summed E-state index contributed by atoms with van der Waals surface area (Å²) in [5, 5.41) is 13.1. The van der Waals surface area contributed by atoms with Gasteiger partial charge in [0.2, 0.25) is 0 Å². The molecule has 2 aromatic rings. The second-order valence-electron chi connectivity index (χ2n) is 5.20. The fraction of sp³-hybridized carbons (Fsp3) is 0.200. The van der Waals surface area contributed by atoms with Crippen LogP contribution in [0.25, 0.3) is 16.5 Å². The van der Waals surface area contributed by atoms with E-state index in [-0.39, 0.29) is 0 Å². The molecule has 2 heterocycles. The summed E-state index contributed by atoms with van der Waals surface area (Å²) in [5.74, 6) is 0.515. The third kappa shape index (κ3) is 2.10. The first-order valence-corrected chi connectivity index (χ1v) is 6.66. The predicted octanol–water partition coefficient (Wildman–Crippen LogP) is 3.37. The Hall–Kier alpha value is -2.27. The van der Waals surface area contributed by atoms with Crippen molar-refractivity contribution in [3.8, 4) is 5.75 Å². The minimum atomic E-state index is -0.770. The lowest BCUT2D eigenvalue weighted by atomic mass is 9.93. The minimum Gasteiger partial charge on any atom is -0.481 e. The van der Waals surface area contributed by atoms with Crippen LogP contribution in [0.3, 0.4) is 0 Å². The molecule has 0 bridgehead atoms. The molecule has 1 N–H and O–H groups in total. The van der Waals surface area contributed by atoms with Crippen molar-refractivity contribution in [1.82, 2.24) is 0 Å². The second kappa shape index (κ2) is 4.63. The first-order valence-electron chi connectivity index (χ1n) is 6.28. The maximum absolute atomic E-state index is 11.5. The lowest BCUT2D eigenvalue weighted by Crippen LogP contribution is -2.33. The van der Waals surface area contributed by atoms with Gasteiger partial charge in [0, 0.05) is 17.0 Å². The molecule has 0 aliphatic carbocycles. The van der Waals surface area contributed by atoms with Crippen molar-refractivity contribution >= 4 is 34.4 Å². The van der Waals surface area contributed by atoms with Gasteiger partial charge in [-0.1, -0.05) is 16.8 Å². The largest absolute Gasteiger partial charge is 0.481 e. The summed E-state index contributed by atoms with van der Waals surface area (Å²) in [6, 6.07) is 6.56.